The van der Waals surface area contributed by atoms with Gasteiger partial charge in [0.25, 0.3) is 10.1 Å². The van der Waals surface area contributed by atoms with Gasteiger partial charge in [-0.1, -0.05) is 37.3 Å². The number of aryl methyl sites for hydroxylation is 1. The highest BCUT2D eigenvalue weighted by atomic mass is 32.2. The Morgan fingerprint density at radius 3 is 2.46 bits per heavy atom. The quantitative estimate of drug-likeness (QED) is 0.359. The molecule has 0 aliphatic carbocycles. The lowest BCUT2D eigenvalue weighted by molar-refractivity contribution is -0.118. The lowest BCUT2D eigenvalue weighted by Crippen LogP contribution is -2.52. The predicted molar refractivity (Wildman–Crippen MR) is 109 cm³/mol. The van der Waals surface area contributed by atoms with E-state index in [-0.39, 0.29) is 4.90 Å². The van der Waals surface area contributed by atoms with Gasteiger partial charge in [-0.25, -0.2) is 4.79 Å². The Morgan fingerprint density at radius 2 is 1.89 bits per heavy atom. The summed E-state index contributed by atoms with van der Waals surface area (Å²) in [5.74, 6) is 0. The highest BCUT2D eigenvalue weighted by molar-refractivity contribution is 7.86. The molecule has 1 fully saturated rings. The van der Waals surface area contributed by atoms with Crippen LogP contribution in [0, 0.1) is 6.92 Å². The molecule has 0 saturated carbocycles. The van der Waals surface area contributed by atoms with Gasteiger partial charge in [-0.05, 0) is 37.9 Å². The van der Waals surface area contributed by atoms with Crippen LogP contribution in [0.3, 0.4) is 0 Å². The molecule has 1 saturated heterocycles. The van der Waals surface area contributed by atoms with Crippen LogP contribution in [0.25, 0.3) is 0 Å². The van der Waals surface area contributed by atoms with Crippen LogP contribution in [-0.2, 0) is 23.8 Å². The fourth-order valence-electron chi connectivity index (χ4n) is 2.96. The molecule has 1 aliphatic heterocycles. The molecule has 2 rings (SSSR count). The normalized spacial score (nSPS) is 20.2. The summed E-state index contributed by atoms with van der Waals surface area (Å²) in [5.41, 5.74) is -0.403. The van der Waals surface area contributed by atoms with Gasteiger partial charge in [0.05, 0.1) is 18.1 Å². The van der Waals surface area contributed by atoms with Gasteiger partial charge in [0, 0.05) is 14.6 Å². The number of hydrogen-bond donors (Lipinski definition) is 0. The minimum absolute atomic E-state index is 0.0152. The molecule has 7 nitrogen and oxygen atoms in total. The molecule has 1 heterocycles. The van der Waals surface area contributed by atoms with Crippen molar-refractivity contribution < 1.29 is 26.9 Å². The Bertz CT molecular complexity index is 803. The largest absolute Gasteiger partial charge is 0.450 e. The molecule has 0 N–H and O–H groups in total. The second-order valence-corrected chi connectivity index (χ2v) is 15.7. The van der Waals surface area contributed by atoms with Crippen molar-refractivity contribution in [3.05, 3.63) is 29.8 Å². The average Bonchev–Trinajstić information content (AvgIpc) is 3.04. The molecule has 1 aromatic rings. The summed E-state index contributed by atoms with van der Waals surface area (Å²) in [6.45, 7) is 8.59. The Morgan fingerprint density at radius 1 is 1.25 bits per heavy atom. The molecule has 28 heavy (non-hydrogen) atoms. The lowest BCUT2D eigenvalue weighted by Gasteiger charge is -2.32. The van der Waals surface area contributed by atoms with E-state index < -0.39 is 36.4 Å². The van der Waals surface area contributed by atoms with Crippen LogP contribution in [-0.4, -0.2) is 59.1 Å². The number of carbonyl (C=O) groups excluding carboxylic acids is 2. The van der Waals surface area contributed by atoms with Crippen molar-refractivity contribution in [2.75, 3.05) is 19.8 Å². The second-order valence-electron chi connectivity index (χ2n) is 8.43. The van der Waals surface area contributed by atoms with Gasteiger partial charge in [0.1, 0.15) is 11.8 Å². The van der Waals surface area contributed by atoms with Crippen molar-refractivity contribution in [3.63, 3.8) is 0 Å². The number of amides is 1. The van der Waals surface area contributed by atoms with Crippen LogP contribution in [0.1, 0.15) is 18.4 Å². The van der Waals surface area contributed by atoms with Crippen molar-refractivity contribution in [1.82, 2.24) is 4.90 Å². The molecule has 0 bridgehead atoms. The highest BCUT2D eigenvalue weighted by Crippen LogP contribution is 2.30. The topological polar surface area (TPSA) is 90.0 Å². The van der Waals surface area contributed by atoms with Crippen molar-refractivity contribution in [2.24, 2.45) is 0 Å². The van der Waals surface area contributed by atoms with Crippen LogP contribution in [0.4, 0.5) is 4.79 Å². The van der Waals surface area contributed by atoms with Crippen LogP contribution < -0.4 is 0 Å². The first-order valence-electron chi connectivity index (χ1n) is 9.36. The van der Waals surface area contributed by atoms with Gasteiger partial charge < -0.3 is 9.53 Å². The number of benzene rings is 1. The van der Waals surface area contributed by atoms with E-state index in [1.165, 1.54) is 17.0 Å². The molecule has 1 aromatic carbocycles. The van der Waals surface area contributed by atoms with Crippen molar-refractivity contribution >= 4 is 30.6 Å². The molecule has 9 heteroatoms. The number of nitrogens with zero attached hydrogens (tertiary/aromatic N) is 1. The molecule has 1 aliphatic rings. The maximum absolute atomic E-state index is 12.5. The molecule has 1 unspecified atom stereocenters. The smallest absolute Gasteiger partial charge is 0.410 e. The number of hydrogen-bond acceptors (Lipinski definition) is 6. The zero-order valence-electron chi connectivity index (χ0n) is 16.9. The fraction of sp³-hybridized carbons (Fsp3) is 0.579. The van der Waals surface area contributed by atoms with Crippen LogP contribution in [0.15, 0.2) is 29.2 Å². The molecule has 156 valence electrons. The number of carbonyl (C=O) groups is 2. The van der Waals surface area contributed by atoms with E-state index in [0.717, 1.165) is 11.6 Å². The lowest BCUT2D eigenvalue weighted by atomic mass is 10.00. The Labute approximate surface area is 168 Å². The van der Waals surface area contributed by atoms with Crippen LogP contribution in [0.5, 0.6) is 0 Å². The molecule has 1 atom stereocenters. The van der Waals surface area contributed by atoms with Crippen molar-refractivity contribution in [3.8, 4) is 0 Å². The number of ether oxygens (including phenoxy) is 1. The first-order valence-corrected chi connectivity index (χ1v) is 14.5. The van der Waals surface area contributed by atoms with Crippen molar-refractivity contribution in [1.29, 1.82) is 0 Å². The van der Waals surface area contributed by atoms with E-state index >= 15 is 0 Å². The molecule has 0 aromatic heterocycles. The van der Waals surface area contributed by atoms with E-state index in [1.54, 1.807) is 12.1 Å². The number of likely N-dealkylation sites (tertiary alicyclic amines) is 1. The highest BCUT2D eigenvalue weighted by Gasteiger charge is 2.46. The van der Waals surface area contributed by atoms with E-state index in [4.69, 9.17) is 8.92 Å². The van der Waals surface area contributed by atoms with Crippen molar-refractivity contribution in [2.45, 2.75) is 55.9 Å². The zero-order valence-corrected chi connectivity index (χ0v) is 18.8. The Kier molecular flexibility index (Phi) is 7.05. The summed E-state index contributed by atoms with van der Waals surface area (Å²) >= 11 is 0. The van der Waals surface area contributed by atoms with Gasteiger partial charge in [0.15, 0.2) is 0 Å². The summed E-state index contributed by atoms with van der Waals surface area (Å²) < 4.78 is 35.4. The summed E-state index contributed by atoms with van der Waals surface area (Å²) in [6, 6.07) is 7.07. The molecular formula is C19H29NO6SSi. The Hall–Kier alpha value is -1.71. The molecule has 0 radical (unpaired) electrons. The standard InChI is InChI=1S/C19H29NO6SSi/c1-16-6-8-17(9-7-16)27(23,24)26-15-19(14-21)10-5-11-20(19)18(22)25-12-13-28(2,3)4/h6-9,14H,5,10-13,15H2,1-4H3. The van der Waals surface area contributed by atoms with E-state index in [9.17, 15) is 18.0 Å². The third-order valence-corrected chi connectivity index (χ3v) is 7.80. The van der Waals surface area contributed by atoms with E-state index in [2.05, 4.69) is 19.6 Å². The minimum Gasteiger partial charge on any atom is -0.450 e. The maximum atomic E-state index is 12.5. The average molecular weight is 428 g/mol. The second kappa shape index (κ2) is 8.75. The van der Waals surface area contributed by atoms with Gasteiger partial charge in [0.2, 0.25) is 0 Å². The van der Waals surface area contributed by atoms with Crippen LogP contribution in [0.2, 0.25) is 25.7 Å². The van der Waals surface area contributed by atoms with Gasteiger partial charge in [-0.3, -0.25) is 9.08 Å². The Balaban J connectivity index is 2.07. The monoisotopic (exact) mass is 427 g/mol. The summed E-state index contributed by atoms with van der Waals surface area (Å²) in [4.78, 5) is 25.7. The van der Waals surface area contributed by atoms with Gasteiger partial charge in [-0.15, -0.1) is 0 Å². The first-order chi connectivity index (χ1) is 13.0. The SMILES string of the molecule is Cc1ccc(S(=O)(=O)OCC2(C=O)CCCN2C(=O)OCC[Si](C)(C)C)cc1. The number of rotatable bonds is 8. The fourth-order valence-corrected chi connectivity index (χ4v) is 4.63. The summed E-state index contributed by atoms with van der Waals surface area (Å²) in [5, 5.41) is 0. The summed E-state index contributed by atoms with van der Waals surface area (Å²) in [6.07, 6.45) is 0.919. The number of aldehydes is 1. The predicted octanol–water partition coefficient (Wildman–Crippen LogP) is 3.21. The molecule has 1 amide bonds. The maximum Gasteiger partial charge on any atom is 0.410 e. The summed E-state index contributed by atoms with van der Waals surface area (Å²) in [7, 11) is -5.39. The van der Waals surface area contributed by atoms with Gasteiger partial charge >= 0.3 is 6.09 Å². The third kappa shape index (κ3) is 5.65. The van der Waals surface area contributed by atoms with Crippen LogP contribution >= 0.6 is 0 Å². The molecular weight excluding hydrogens is 398 g/mol. The molecule has 0 spiro atoms. The minimum atomic E-state index is -4.03. The van der Waals surface area contributed by atoms with E-state index in [1.807, 2.05) is 6.92 Å². The first kappa shape index (κ1) is 22.6. The van der Waals surface area contributed by atoms with Gasteiger partial charge in [-0.2, -0.15) is 8.42 Å². The van der Waals surface area contributed by atoms with E-state index in [0.29, 0.717) is 32.3 Å². The zero-order chi connectivity index (χ0) is 21.0. The third-order valence-electron chi connectivity index (χ3n) is 4.82.